The number of para-hydroxylation sites is 1. The van der Waals surface area contributed by atoms with E-state index in [1.165, 1.54) is 23.0 Å². The molecule has 1 heterocycles. The topological polar surface area (TPSA) is 46.9 Å². The minimum absolute atomic E-state index is 0.241. The summed E-state index contributed by atoms with van der Waals surface area (Å²) in [5.74, 6) is -0.371. The van der Waals surface area contributed by atoms with E-state index in [2.05, 4.69) is 33.0 Å². The third-order valence-electron chi connectivity index (χ3n) is 3.79. The van der Waals surface area contributed by atoms with E-state index in [9.17, 15) is 18.0 Å². The fourth-order valence-corrected chi connectivity index (χ4v) is 2.98. The molecular weight excluding hydrogens is 458 g/mol. The summed E-state index contributed by atoms with van der Waals surface area (Å²) in [7, 11) is 0. The Morgan fingerprint density at radius 3 is 2.58 bits per heavy atom. The highest BCUT2D eigenvalue weighted by Gasteiger charge is 2.30. The van der Waals surface area contributed by atoms with E-state index in [4.69, 9.17) is 0 Å². The fraction of sp³-hybridized carbons (Fsp3) is 0.111. The fourth-order valence-electron chi connectivity index (χ4n) is 2.46. The number of nitrogens with one attached hydrogen (secondary N) is 1. The van der Waals surface area contributed by atoms with Gasteiger partial charge in [-0.05, 0) is 59.8 Å². The Balaban J connectivity index is 1.91. The highest BCUT2D eigenvalue weighted by atomic mass is 127. The van der Waals surface area contributed by atoms with E-state index in [0.717, 1.165) is 15.7 Å². The van der Waals surface area contributed by atoms with Crippen molar-refractivity contribution < 1.29 is 18.0 Å². The van der Waals surface area contributed by atoms with Gasteiger partial charge in [0.1, 0.15) is 0 Å². The highest BCUT2D eigenvalue weighted by Crippen LogP contribution is 2.30. The van der Waals surface area contributed by atoms with Crippen LogP contribution in [0.2, 0.25) is 0 Å². The molecule has 3 aromatic rings. The summed E-state index contributed by atoms with van der Waals surface area (Å²) in [6, 6.07) is 12.1. The zero-order chi connectivity index (χ0) is 18.9. The molecule has 0 fully saturated rings. The van der Waals surface area contributed by atoms with Crippen molar-refractivity contribution in [3.63, 3.8) is 0 Å². The number of alkyl halides is 3. The number of carbonyl (C=O) groups is 1. The number of halogens is 4. The van der Waals surface area contributed by atoms with Crippen LogP contribution in [0.3, 0.4) is 0 Å². The molecule has 1 N–H and O–H groups in total. The number of rotatable bonds is 3. The Bertz CT molecular complexity index is 966. The molecule has 0 spiro atoms. The number of amides is 1. The maximum Gasteiger partial charge on any atom is 0.416 e. The second-order valence-electron chi connectivity index (χ2n) is 5.54. The van der Waals surface area contributed by atoms with Gasteiger partial charge in [-0.15, -0.1) is 0 Å². The molecule has 0 saturated carbocycles. The lowest BCUT2D eigenvalue weighted by molar-refractivity contribution is -0.137. The normalized spacial score (nSPS) is 11.4. The predicted molar refractivity (Wildman–Crippen MR) is 100 cm³/mol. The quantitative estimate of drug-likeness (QED) is 0.544. The second kappa shape index (κ2) is 7.10. The molecule has 0 saturated heterocycles. The standard InChI is InChI=1S/C18H13F3IN3O/c1-11-14(17(26)24-16-8-3-2-7-15(16)22)10-23-25(11)13-6-4-5-12(9-13)18(19,20)21/h2-10H,1H3,(H,24,26). The summed E-state index contributed by atoms with van der Waals surface area (Å²) in [6.45, 7) is 1.64. The molecule has 3 rings (SSSR count). The summed E-state index contributed by atoms with van der Waals surface area (Å²) >= 11 is 2.11. The molecule has 1 aromatic heterocycles. The van der Waals surface area contributed by atoms with Gasteiger partial charge in [0.15, 0.2) is 0 Å². The molecule has 0 aliphatic heterocycles. The maximum atomic E-state index is 12.9. The third-order valence-corrected chi connectivity index (χ3v) is 4.74. The molecule has 0 bridgehead atoms. The van der Waals surface area contributed by atoms with Crippen LogP contribution in [0, 0.1) is 10.5 Å². The molecule has 2 aromatic carbocycles. The Morgan fingerprint density at radius 2 is 1.88 bits per heavy atom. The molecule has 1 amide bonds. The van der Waals surface area contributed by atoms with Crippen LogP contribution in [-0.2, 0) is 6.18 Å². The van der Waals surface area contributed by atoms with Gasteiger partial charge in [0.25, 0.3) is 5.91 Å². The van der Waals surface area contributed by atoms with Gasteiger partial charge in [-0.1, -0.05) is 18.2 Å². The molecule has 26 heavy (non-hydrogen) atoms. The van der Waals surface area contributed by atoms with Gasteiger partial charge < -0.3 is 5.32 Å². The van der Waals surface area contributed by atoms with Crippen LogP contribution in [0.4, 0.5) is 18.9 Å². The molecular formula is C18H13F3IN3O. The zero-order valence-electron chi connectivity index (χ0n) is 13.5. The molecule has 4 nitrogen and oxygen atoms in total. The lowest BCUT2D eigenvalue weighted by Crippen LogP contribution is -2.14. The minimum atomic E-state index is -4.44. The van der Waals surface area contributed by atoms with Crippen molar-refractivity contribution in [3.05, 3.63) is 75.1 Å². The van der Waals surface area contributed by atoms with Gasteiger partial charge >= 0.3 is 6.18 Å². The lowest BCUT2D eigenvalue weighted by Gasteiger charge is -2.10. The average Bonchev–Trinajstić information content (AvgIpc) is 2.98. The summed E-state index contributed by atoms with van der Waals surface area (Å²) in [6.07, 6.45) is -3.10. The van der Waals surface area contributed by atoms with Crippen LogP contribution in [-0.4, -0.2) is 15.7 Å². The molecule has 0 radical (unpaired) electrons. The molecule has 0 atom stereocenters. The van der Waals surface area contributed by atoms with Gasteiger partial charge in [-0.25, -0.2) is 4.68 Å². The first-order valence-corrected chi connectivity index (χ1v) is 8.63. The predicted octanol–water partition coefficient (Wildman–Crippen LogP) is 5.06. The van der Waals surface area contributed by atoms with Crippen molar-refractivity contribution in [2.24, 2.45) is 0 Å². The van der Waals surface area contributed by atoms with E-state index in [1.807, 2.05) is 12.1 Å². The summed E-state index contributed by atoms with van der Waals surface area (Å²) < 4.78 is 40.9. The minimum Gasteiger partial charge on any atom is -0.321 e. The maximum absolute atomic E-state index is 12.9. The van der Waals surface area contributed by atoms with Crippen LogP contribution in [0.1, 0.15) is 21.6 Å². The van der Waals surface area contributed by atoms with Crippen molar-refractivity contribution in [1.29, 1.82) is 0 Å². The van der Waals surface area contributed by atoms with Crippen LogP contribution in [0.5, 0.6) is 0 Å². The molecule has 0 aliphatic carbocycles. The van der Waals surface area contributed by atoms with Crippen molar-refractivity contribution in [1.82, 2.24) is 9.78 Å². The number of anilines is 1. The second-order valence-corrected chi connectivity index (χ2v) is 6.70. The van der Waals surface area contributed by atoms with Gasteiger partial charge in [0.2, 0.25) is 0 Å². The van der Waals surface area contributed by atoms with E-state index in [1.54, 1.807) is 19.1 Å². The smallest absolute Gasteiger partial charge is 0.321 e. The first-order valence-electron chi connectivity index (χ1n) is 7.55. The van der Waals surface area contributed by atoms with Crippen molar-refractivity contribution >= 4 is 34.2 Å². The van der Waals surface area contributed by atoms with Gasteiger partial charge in [-0.2, -0.15) is 18.3 Å². The van der Waals surface area contributed by atoms with Crippen molar-refractivity contribution in [2.45, 2.75) is 13.1 Å². The van der Waals surface area contributed by atoms with Crippen LogP contribution < -0.4 is 5.32 Å². The largest absolute Gasteiger partial charge is 0.416 e. The third kappa shape index (κ3) is 3.74. The molecule has 134 valence electrons. The Kier molecular flexibility index (Phi) is 5.03. The summed E-state index contributed by atoms with van der Waals surface area (Å²) in [5.41, 5.74) is 0.875. The van der Waals surface area contributed by atoms with Gasteiger partial charge in [0.05, 0.1) is 34.4 Å². The molecule has 0 unspecified atom stereocenters. The van der Waals surface area contributed by atoms with Crippen molar-refractivity contribution in [3.8, 4) is 5.69 Å². The Labute approximate surface area is 161 Å². The number of hydrogen-bond donors (Lipinski definition) is 1. The Morgan fingerprint density at radius 1 is 1.15 bits per heavy atom. The SMILES string of the molecule is Cc1c(C(=O)Nc2ccccc2I)cnn1-c1cccc(C(F)(F)F)c1. The zero-order valence-corrected chi connectivity index (χ0v) is 15.7. The summed E-state index contributed by atoms with van der Waals surface area (Å²) in [4.78, 5) is 12.5. The average molecular weight is 471 g/mol. The van der Waals surface area contributed by atoms with Gasteiger partial charge in [-0.3, -0.25) is 4.79 Å². The first kappa shape index (κ1) is 18.4. The Hall–Kier alpha value is -2.36. The van der Waals surface area contributed by atoms with E-state index in [0.29, 0.717) is 16.9 Å². The monoisotopic (exact) mass is 471 g/mol. The number of nitrogens with zero attached hydrogens (tertiary/aromatic N) is 2. The van der Waals surface area contributed by atoms with E-state index < -0.39 is 11.7 Å². The van der Waals surface area contributed by atoms with Gasteiger partial charge in [0, 0.05) is 3.57 Å². The molecule has 8 heteroatoms. The number of hydrogen-bond acceptors (Lipinski definition) is 2. The molecule has 0 aliphatic rings. The van der Waals surface area contributed by atoms with Crippen LogP contribution in [0.15, 0.2) is 54.7 Å². The highest BCUT2D eigenvalue weighted by molar-refractivity contribution is 14.1. The lowest BCUT2D eigenvalue weighted by atomic mass is 10.2. The van der Waals surface area contributed by atoms with E-state index >= 15 is 0 Å². The van der Waals surface area contributed by atoms with E-state index in [-0.39, 0.29) is 11.6 Å². The van der Waals surface area contributed by atoms with Crippen molar-refractivity contribution in [2.75, 3.05) is 5.32 Å². The van der Waals surface area contributed by atoms with Crippen LogP contribution >= 0.6 is 22.6 Å². The number of benzene rings is 2. The summed E-state index contributed by atoms with van der Waals surface area (Å²) in [5, 5.41) is 6.87. The van der Waals surface area contributed by atoms with Crippen LogP contribution in [0.25, 0.3) is 5.69 Å². The number of carbonyl (C=O) groups excluding carboxylic acids is 1. The number of aromatic nitrogens is 2. The first-order chi connectivity index (χ1) is 12.3.